The Labute approximate surface area is 239 Å². The lowest BCUT2D eigenvalue weighted by atomic mass is 9.88. The molecule has 1 fully saturated rings. The van der Waals surface area contributed by atoms with Crippen molar-refractivity contribution in [3.05, 3.63) is 59.2 Å². The zero-order chi connectivity index (χ0) is 29.7. The number of carbonyl (C=O) groups is 2. The van der Waals surface area contributed by atoms with Gasteiger partial charge < -0.3 is 20.1 Å². The Kier molecular flexibility index (Phi) is 9.96. The zero-order valence-electron chi connectivity index (χ0n) is 23.9. The summed E-state index contributed by atoms with van der Waals surface area (Å²) in [6.45, 7) is 4.71. The van der Waals surface area contributed by atoms with Crippen molar-refractivity contribution < 1.29 is 32.6 Å². The smallest absolute Gasteiger partial charge is 0.416 e. The first-order chi connectivity index (χ1) is 19.5. The van der Waals surface area contributed by atoms with E-state index in [0.29, 0.717) is 36.6 Å². The fraction of sp³-hybridized carbons (Fsp3) is 0.548. The van der Waals surface area contributed by atoms with Crippen LogP contribution in [0.15, 0.2) is 42.5 Å². The van der Waals surface area contributed by atoms with Gasteiger partial charge in [-0.2, -0.15) is 13.2 Å². The van der Waals surface area contributed by atoms with E-state index in [1.165, 1.54) is 12.1 Å². The minimum atomic E-state index is -4.39. The van der Waals surface area contributed by atoms with Crippen molar-refractivity contribution >= 4 is 17.5 Å². The van der Waals surface area contributed by atoms with Crippen LogP contribution >= 0.6 is 0 Å². The van der Waals surface area contributed by atoms with Gasteiger partial charge >= 0.3 is 6.18 Å². The maximum atomic E-state index is 13.7. The second-order valence-electron chi connectivity index (χ2n) is 11.5. The molecule has 0 radical (unpaired) electrons. The molecular formula is C31H40F3N3O4. The van der Waals surface area contributed by atoms with Crippen molar-refractivity contribution in [3.63, 3.8) is 0 Å². The average molecular weight is 576 g/mol. The lowest BCUT2D eigenvalue weighted by Crippen LogP contribution is -2.49. The number of rotatable bonds is 8. The van der Waals surface area contributed by atoms with Crippen molar-refractivity contribution in [3.8, 4) is 5.75 Å². The number of hydrogen-bond donors (Lipinski definition) is 2. The highest BCUT2D eigenvalue weighted by Crippen LogP contribution is 2.36. The van der Waals surface area contributed by atoms with Crippen LogP contribution in [-0.4, -0.2) is 65.6 Å². The highest BCUT2D eigenvalue weighted by atomic mass is 19.4. The van der Waals surface area contributed by atoms with Gasteiger partial charge in [-0.1, -0.05) is 44.4 Å². The lowest BCUT2D eigenvalue weighted by Gasteiger charge is -2.38. The first-order valence-electron chi connectivity index (χ1n) is 14.3. The number of alkyl halides is 3. The molecule has 224 valence electrons. The first kappa shape index (κ1) is 30.8. The van der Waals surface area contributed by atoms with Crippen LogP contribution in [0.5, 0.6) is 5.75 Å². The molecule has 0 bridgehead atoms. The van der Waals surface area contributed by atoms with Crippen LogP contribution in [0.4, 0.5) is 18.9 Å². The van der Waals surface area contributed by atoms with Crippen molar-refractivity contribution in [1.82, 2.24) is 9.80 Å². The molecule has 1 aliphatic heterocycles. The van der Waals surface area contributed by atoms with Crippen LogP contribution in [0, 0.1) is 11.8 Å². The Morgan fingerprint density at radius 1 is 1.15 bits per heavy atom. The number of carbonyl (C=O) groups excluding carboxylic acids is 2. The summed E-state index contributed by atoms with van der Waals surface area (Å²) in [6, 6.07) is 9.80. The number of fused-ring (bicyclic) bond motifs is 1. The van der Waals surface area contributed by atoms with E-state index in [-0.39, 0.29) is 30.3 Å². The van der Waals surface area contributed by atoms with Crippen molar-refractivity contribution in [2.24, 2.45) is 11.8 Å². The molecular weight excluding hydrogens is 535 g/mol. The number of nitrogens with one attached hydrogen (secondary N) is 1. The maximum Gasteiger partial charge on any atom is 0.416 e. The molecule has 3 atom stereocenters. The molecule has 2 aromatic rings. The number of amides is 2. The number of para-hydroxylation sites is 1. The Hall–Kier alpha value is -3.11. The SMILES string of the molecule is C[C@H](CO)N1C[C@H](C)[C@H](CN(C)Cc2ccc(C(F)(F)F)cc2)Oc2c(NC(=O)C3CCCCC3)cccc2C1=O. The minimum absolute atomic E-state index is 0.0826. The molecule has 10 heteroatoms. The number of anilines is 1. The lowest BCUT2D eigenvalue weighted by molar-refractivity contribution is -0.137. The summed E-state index contributed by atoms with van der Waals surface area (Å²) in [5, 5.41) is 12.9. The summed E-state index contributed by atoms with van der Waals surface area (Å²) in [6.07, 6.45) is 0.00719. The molecule has 7 nitrogen and oxygen atoms in total. The normalized spacial score (nSPS) is 21.1. The second-order valence-corrected chi connectivity index (χ2v) is 11.5. The van der Waals surface area contributed by atoms with E-state index in [1.807, 2.05) is 18.9 Å². The van der Waals surface area contributed by atoms with Gasteiger partial charge in [0.15, 0.2) is 5.75 Å². The average Bonchev–Trinajstić information content (AvgIpc) is 2.95. The fourth-order valence-electron chi connectivity index (χ4n) is 5.64. The molecule has 0 saturated heterocycles. The summed E-state index contributed by atoms with van der Waals surface area (Å²) >= 11 is 0. The molecule has 0 aromatic heterocycles. The summed E-state index contributed by atoms with van der Waals surface area (Å²) < 4.78 is 45.5. The topological polar surface area (TPSA) is 82.1 Å². The van der Waals surface area contributed by atoms with Gasteiger partial charge in [-0.15, -0.1) is 0 Å². The van der Waals surface area contributed by atoms with Crippen LogP contribution in [0.2, 0.25) is 0 Å². The van der Waals surface area contributed by atoms with Crippen LogP contribution < -0.4 is 10.1 Å². The van der Waals surface area contributed by atoms with Gasteiger partial charge in [-0.3, -0.25) is 14.5 Å². The van der Waals surface area contributed by atoms with E-state index in [4.69, 9.17) is 4.74 Å². The van der Waals surface area contributed by atoms with Crippen molar-refractivity contribution in [1.29, 1.82) is 0 Å². The number of likely N-dealkylation sites (N-methyl/N-ethyl adjacent to an activating group) is 1. The van der Waals surface area contributed by atoms with E-state index < -0.39 is 23.9 Å². The second kappa shape index (κ2) is 13.2. The number of benzene rings is 2. The summed E-state index contributed by atoms with van der Waals surface area (Å²) in [5.74, 6) is -0.298. The van der Waals surface area contributed by atoms with Gasteiger partial charge in [0.2, 0.25) is 5.91 Å². The van der Waals surface area contributed by atoms with Gasteiger partial charge in [-0.25, -0.2) is 0 Å². The van der Waals surface area contributed by atoms with Gasteiger partial charge in [0, 0.05) is 31.5 Å². The number of aliphatic hydroxyl groups is 1. The van der Waals surface area contributed by atoms with Crippen LogP contribution in [0.1, 0.15) is 67.4 Å². The predicted molar refractivity (Wildman–Crippen MR) is 151 cm³/mol. The largest absolute Gasteiger partial charge is 0.486 e. The van der Waals surface area contributed by atoms with Crippen LogP contribution in [-0.2, 0) is 17.5 Å². The Balaban J connectivity index is 1.60. The molecule has 0 unspecified atom stereocenters. The molecule has 2 N–H and O–H groups in total. The Bertz CT molecular complexity index is 1200. The molecule has 4 rings (SSSR count). The molecule has 2 aliphatic rings. The minimum Gasteiger partial charge on any atom is -0.486 e. The molecule has 2 aromatic carbocycles. The van der Waals surface area contributed by atoms with E-state index in [9.17, 15) is 27.9 Å². The molecule has 1 heterocycles. The highest BCUT2D eigenvalue weighted by molar-refractivity contribution is 6.02. The highest BCUT2D eigenvalue weighted by Gasteiger charge is 2.35. The van der Waals surface area contributed by atoms with Crippen LogP contribution in [0.3, 0.4) is 0 Å². The third-order valence-corrected chi connectivity index (χ3v) is 8.15. The van der Waals surface area contributed by atoms with Crippen molar-refractivity contribution in [2.75, 3.05) is 32.1 Å². The van der Waals surface area contributed by atoms with Gasteiger partial charge in [-0.05, 0) is 56.6 Å². The molecule has 0 spiro atoms. The van der Waals surface area contributed by atoms with E-state index in [2.05, 4.69) is 5.32 Å². The summed E-state index contributed by atoms with van der Waals surface area (Å²) in [5.41, 5.74) is 0.787. The molecule has 1 saturated carbocycles. The van der Waals surface area contributed by atoms with Crippen LogP contribution in [0.25, 0.3) is 0 Å². The Morgan fingerprint density at radius 2 is 1.83 bits per heavy atom. The number of hydrogen-bond acceptors (Lipinski definition) is 5. The molecule has 2 amide bonds. The summed E-state index contributed by atoms with van der Waals surface area (Å²) in [4.78, 5) is 30.4. The van der Waals surface area contributed by atoms with Crippen molar-refractivity contribution in [2.45, 2.75) is 70.8 Å². The van der Waals surface area contributed by atoms with Gasteiger partial charge in [0.05, 0.1) is 29.5 Å². The number of halogens is 3. The number of ether oxygens (including phenoxy) is 1. The third kappa shape index (κ3) is 7.60. The molecule has 41 heavy (non-hydrogen) atoms. The standard InChI is InChI=1S/C31H40F3N3O4/c1-20-16-37(21(2)19-38)30(40)25-10-7-11-26(35-29(39)23-8-5-4-6-9-23)28(25)41-27(20)18-36(3)17-22-12-14-24(15-13-22)31(32,33)34/h7,10-15,20-21,23,27,38H,4-6,8-9,16-19H2,1-3H3,(H,35,39)/t20-,21+,27-/m0/s1. The molecule has 1 aliphatic carbocycles. The first-order valence-corrected chi connectivity index (χ1v) is 14.3. The zero-order valence-corrected chi connectivity index (χ0v) is 23.9. The summed E-state index contributed by atoms with van der Waals surface area (Å²) in [7, 11) is 1.86. The van der Waals surface area contributed by atoms with E-state index >= 15 is 0 Å². The van der Waals surface area contributed by atoms with Gasteiger partial charge in [0.1, 0.15) is 6.10 Å². The quantitative estimate of drug-likeness (QED) is 0.430. The van der Waals surface area contributed by atoms with E-state index in [1.54, 1.807) is 30.0 Å². The predicted octanol–water partition coefficient (Wildman–Crippen LogP) is 5.58. The van der Waals surface area contributed by atoms with Gasteiger partial charge in [0.25, 0.3) is 5.91 Å². The Morgan fingerprint density at radius 3 is 2.46 bits per heavy atom. The number of aliphatic hydroxyl groups excluding tert-OH is 1. The monoisotopic (exact) mass is 575 g/mol. The maximum absolute atomic E-state index is 13.7. The number of nitrogens with zero attached hydrogens (tertiary/aromatic N) is 2. The van der Waals surface area contributed by atoms with E-state index in [0.717, 1.165) is 49.8 Å². The fourth-order valence-corrected chi connectivity index (χ4v) is 5.64. The third-order valence-electron chi connectivity index (χ3n) is 8.15.